The number of fused-ring (bicyclic) bond motifs is 1. The van der Waals surface area contributed by atoms with Crippen molar-refractivity contribution in [3.8, 4) is 28.1 Å². The molecular formula is C25H18FN3O. The molecule has 0 radical (unpaired) electrons. The maximum absolute atomic E-state index is 13.5. The molecule has 0 spiro atoms. The van der Waals surface area contributed by atoms with Crippen LogP contribution in [0.4, 0.5) is 4.39 Å². The van der Waals surface area contributed by atoms with Gasteiger partial charge in [0.15, 0.2) is 0 Å². The van der Waals surface area contributed by atoms with Crippen molar-refractivity contribution in [2.45, 2.75) is 6.61 Å². The van der Waals surface area contributed by atoms with E-state index in [1.165, 1.54) is 12.1 Å². The van der Waals surface area contributed by atoms with E-state index in [4.69, 9.17) is 9.84 Å². The maximum Gasteiger partial charge on any atom is 0.123 e. The molecule has 0 aliphatic heterocycles. The molecule has 2 aromatic carbocycles. The summed E-state index contributed by atoms with van der Waals surface area (Å²) < 4.78 is 21.3. The van der Waals surface area contributed by atoms with Crippen molar-refractivity contribution in [2.24, 2.45) is 0 Å². The van der Waals surface area contributed by atoms with Crippen LogP contribution in [-0.4, -0.2) is 14.6 Å². The molecule has 30 heavy (non-hydrogen) atoms. The topological polar surface area (TPSA) is 39.4 Å². The van der Waals surface area contributed by atoms with Gasteiger partial charge in [-0.25, -0.2) is 8.91 Å². The van der Waals surface area contributed by atoms with Crippen molar-refractivity contribution in [1.82, 2.24) is 14.6 Å². The molecule has 146 valence electrons. The Balaban J connectivity index is 1.61. The van der Waals surface area contributed by atoms with Crippen LogP contribution in [-0.2, 0) is 6.61 Å². The van der Waals surface area contributed by atoms with E-state index in [2.05, 4.69) is 4.98 Å². The number of ether oxygens (including phenoxy) is 1. The number of aromatic nitrogens is 3. The molecule has 5 rings (SSSR count). The van der Waals surface area contributed by atoms with E-state index in [-0.39, 0.29) is 5.82 Å². The lowest BCUT2D eigenvalue weighted by atomic mass is 10.0. The van der Waals surface area contributed by atoms with Gasteiger partial charge in [0.2, 0.25) is 0 Å². The van der Waals surface area contributed by atoms with Crippen molar-refractivity contribution in [2.75, 3.05) is 0 Å². The number of pyridine rings is 2. The SMILES string of the molecule is Fc1ccc(-c2nn3ccc(OCc4ccccc4)cc3c2-c2ccncc2)cc1. The smallest absolute Gasteiger partial charge is 0.123 e. The number of halogens is 1. The van der Waals surface area contributed by atoms with Gasteiger partial charge in [-0.1, -0.05) is 30.3 Å². The van der Waals surface area contributed by atoms with Crippen LogP contribution in [0.1, 0.15) is 5.56 Å². The minimum absolute atomic E-state index is 0.274. The highest BCUT2D eigenvalue weighted by atomic mass is 19.1. The number of rotatable bonds is 5. The lowest BCUT2D eigenvalue weighted by molar-refractivity contribution is 0.306. The van der Waals surface area contributed by atoms with Crippen molar-refractivity contribution in [3.05, 3.63) is 109 Å². The Labute approximate surface area is 173 Å². The second-order valence-electron chi connectivity index (χ2n) is 6.93. The van der Waals surface area contributed by atoms with Crippen molar-refractivity contribution >= 4 is 5.52 Å². The summed E-state index contributed by atoms with van der Waals surface area (Å²) in [5.41, 5.74) is 5.58. The summed E-state index contributed by atoms with van der Waals surface area (Å²) in [6.07, 6.45) is 5.39. The Kier molecular flexibility index (Phi) is 4.69. The maximum atomic E-state index is 13.5. The first kappa shape index (κ1) is 18.1. The van der Waals surface area contributed by atoms with E-state index in [0.717, 1.165) is 39.2 Å². The van der Waals surface area contributed by atoms with Crippen LogP contribution in [0.2, 0.25) is 0 Å². The molecule has 5 aromatic rings. The lowest BCUT2D eigenvalue weighted by Gasteiger charge is -2.08. The van der Waals surface area contributed by atoms with Gasteiger partial charge in [0, 0.05) is 35.8 Å². The number of benzene rings is 2. The highest BCUT2D eigenvalue weighted by Crippen LogP contribution is 2.36. The predicted molar refractivity (Wildman–Crippen MR) is 115 cm³/mol. The fourth-order valence-corrected chi connectivity index (χ4v) is 3.47. The molecule has 5 heteroatoms. The predicted octanol–water partition coefficient (Wildman–Crippen LogP) is 5.78. The van der Waals surface area contributed by atoms with Crippen LogP contribution >= 0.6 is 0 Å². The van der Waals surface area contributed by atoms with Crippen LogP contribution in [0.15, 0.2) is 97.5 Å². The van der Waals surface area contributed by atoms with Crippen LogP contribution in [0.25, 0.3) is 27.9 Å². The molecule has 0 unspecified atom stereocenters. The largest absolute Gasteiger partial charge is 0.489 e. The molecule has 0 aliphatic rings. The van der Waals surface area contributed by atoms with E-state index in [1.807, 2.05) is 65.3 Å². The highest BCUT2D eigenvalue weighted by Gasteiger charge is 2.17. The molecule has 0 bridgehead atoms. The fourth-order valence-electron chi connectivity index (χ4n) is 3.47. The minimum atomic E-state index is -0.274. The van der Waals surface area contributed by atoms with Gasteiger partial charge in [0.25, 0.3) is 0 Å². The van der Waals surface area contributed by atoms with Crippen molar-refractivity contribution in [1.29, 1.82) is 0 Å². The van der Waals surface area contributed by atoms with Gasteiger partial charge in [-0.15, -0.1) is 0 Å². The monoisotopic (exact) mass is 395 g/mol. The molecule has 0 saturated heterocycles. The molecular weight excluding hydrogens is 377 g/mol. The van der Waals surface area contributed by atoms with Gasteiger partial charge in [-0.2, -0.15) is 5.10 Å². The Morgan fingerprint density at radius 1 is 0.833 bits per heavy atom. The molecule has 4 nitrogen and oxygen atoms in total. The third kappa shape index (κ3) is 3.53. The number of hydrogen-bond acceptors (Lipinski definition) is 3. The van der Waals surface area contributed by atoms with Gasteiger partial charge in [-0.05, 0) is 53.6 Å². The zero-order valence-electron chi connectivity index (χ0n) is 16.1. The molecule has 0 fully saturated rings. The molecule has 0 N–H and O–H groups in total. The Morgan fingerprint density at radius 2 is 1.60 bits per heavy atom. The summed E-state index contributed by atoms with van der Waals surface area (Å²) in [5.74, 6) is 0.483. The van der Waals surface area contributed by atoms with Crippen LogP contribution in [0, 0.1) is 5.82 Å². The summed E-state index contributed by atoms with van der Waals surface area (Å²) in [7, 11) is 0. The second kappa shape index (κ2) is 7.79. The molecule has 0 saturated carbocycles. The number of hydrogen-bond donors (Lipinski definition) is 0. The Bertz CT molecular complexity index is 1280. The van der Waals surface area contributed by atoms with Gasteiger partial charge < -0.3 is 4.74 Å². The van der Waals surface area contributed by atoms with Gasteiger partial charge >= 0.3 is 0 Å². The zero-order chi connectivity index (χ0) is 20.3. The normalized spacial score (nSPS) is 11.0. The van der Waals surface area contributed by atoms with Crippen molar-refractivity contribution < 1.29 is 9.13 Å². The standard InChI is InChI=1S/C25H18FN3O/c26-21-8-6-20(7-9-21)25-24(19-10-13-27-14-11-19)23-16-22(12-15-29(23)28-25)30-17-18-4-2-1-3-5-18/h1-16H,17H2. The number of nitrogens with zero attached hydrogens (tertiary/aromatic N) is 3. The molecule has 0 atom stereocenters. The van der Waals surface area contributed by atoms with Crippen LogP contribution in [0.5, 0.6) is 5.75 Å². The first-order valence-corrected chi connectivity index (χ1v) is 9.63. The fraction of sp³-hybridized carbons (Fsp3) is 0.0400. The van der Waals surface area contributed by atoms with Gasteiger partial charge in [-0.3, -0.25) is 4.98 Å². The van der Waals surface area contributed by atoms with E-state index in [0.29, 0.717) is 6.61 Å². The van der Waals surface area contributed by atoms with E-state index in [9.17, 15) is 4.39 Å². The summed E-state index contributed by atoms with van der Waals surface area (Å²) in [6.45, 7) is 0.487. The molecule has 3 heterocycles. The minimum Gasteiger partial charge on any atom is -0.489 e. The average Bonchev–Trinajstić information content (AvgIpc) is 3.18. The Hall–Kier alpha value is -3.99. The second-order valence-corrected chi connectivity index (χ2v) is 6.93. The molecule has 3 aromatic heterocycles. The van der Waals surface area contributed by atoms with E-state index < -0.39 is 0 Å². The Morgan fingerprint density at radius 3 is 2.37 bits per heavy atom. The summed E-state index contributed by atoms with van der Waals surface area (Å²) in [5, 5.41) is 4.77. The highest BCUT2D eigenvalue weighted by molar-refractivity contribution is 5.92. The van der Waals surface area contributed by atoms with E-state index >= 15 is 0 Å². The van der Waals surface area contributed by atoms with Crippen LogP contribution < -0.4 is 4.74 Å². The van der Waals surface area contributed by atoms with Gasteiger partial charge in [0.05, 0.1) is 5.52 Å². The zero-order valence-corrected chi connectivity index (χ0v) is 16.1. The molecule has 0 amide bonds. The molecule has 0 aliphatic carbocycles. The average molecular weight is 395 g/mol. The third-order valence-electron chi connectivity index (χ3n) is 4.94. The lowest BCUT2D eigenvalue weighted by Crippen LogP contribution is -1.96. The first-order valence-electron chi connectivity index (χ1n) is 9.63. The summed E-state index contributed by atoms with van der Waals surface area (Å²) in [6, 6.07) is 24.2. The summed E-state index contributed by atoms with van der Waals surface area (Å²) in [4.78, 5) is 4.13. The summed E-state index contributed by atoms with van der Waals surface area (Å²) >= 11 is 0. The first-order chi connectivity index (χ1) is 14.8. The van der Waals surface area contributed by atoms with Gasteiger partial charge in [0.1, 0.15) is 23.9 Å². The van der Waals surface area contributed by atoms with Crippen LogP contribution in [0.3, 0.4) is 0 Å². The third-order valence-corrected chi connectivity index (χ3v) is 4.94. The quantitative estimate of drug-likeness (QED) is 0.379. The van der Waals surface area contributed by atoms with E-state index in [1.54, 1.807) is 24.5 Å². The van der Waals surface area contributed by atoms with Crippen molar-refractivity contribution in [3.63, 3.8) is 0 Å².